The molecular weight excluding hydrogens is 312 g/mol. The van der Waals surface area contributed by atoms with Gasteiger partial charge in [0.05, 0.1) is 0 Å². The monoisotopic (exact) mass is 338 g/mol. The molecule has 4 nitrogen and oxygen atoms in total. The van der Waals surface area contributed by atoms with Crippen molar-refractivity contribution in [3.8, 4) is 0 Å². The maximum atomic E-state index is 13.2. The molecule has 1 heterocycles. The Morgan fingerprint density at radius 3 is 2.52 bits per heavy atom. The van der Waals surface area contributed by atoms with Crippen molar-refractivity contribution in [2.75, 3.05) is 6.54 Å². The summed E-state index contributed by atoms with van der Waals surface area (Å²) in [4.78, 5) is 27.7. The fourth-order valence-corrected chi connectivity index (χ4v) is 3.47. The van der Waals surface area contributed by atoms with Crippen LogP contribution in [0, 0.1) is 0 Å². The van der Waals surface area contributed by atoms with Crippen molar-refractivity contribution in [3.05, 3.63) is 48.0 Å². The molecule has 4 heteroatoms. The minimum absolute atomic E-state index is 0.0504. The zero-order chi connectivity index (χ0) is 18.0. The molecule has 1 aliphatic heterocycles. The van der Waals surface area contributed by atoms with E-state index in [1.165, 1.54) is 0 Å². The number of amides is 2. The maximum Gasteiger partial charge on any atom is 0.255 e. The number of rotatable bonds is 2. The van der Waals surface area contributed by atoms with Crippen molar-refractivity contribution in [1.29, 1.82) is 0 Å². The minimum atomic E-state index is -0.389. The zero-order valence-corrected chi connectivity index (χ0v) is 15.2. The van der Waals surface area contributed by atoms with Crippen LogP contribution in [0.5, 0.6) is 0 Å². The molecule has 2 amide bonds. The van der Waals surface area contributed by atoms with Crippen LogP contribution in [0.1, 0.15) is 50.4 Å². The smallest absolute Gasteiger partial charge is 0.255 e. The van der Waals surface area contributed by atoms with E-state index in [1.54, 1.807) is 4.90 Å². The lowest BCUT2D eigenvalue weighted by molar-refractivity contribution is -0.128. The number of nitrogens with one attached hydrogen (secondary N) is 1. The first kappa shape index (κ1) is 17.5. The van der Waals surface area contributed by atoms with Crippen LogP contribution in [-0.4, -0.2) is 34.8 Å². The fraction of sp³-hybridized carbons (Fsp3) is 0.429. The number of nitrogens with zero attached hydrogens (tertiary/aromatic N) is 1. The Kier molecular flexibility index (Phi) is 4.80. The van der Waals surface area contributed by atoms with E-state index in [-0.39, 0.29) is 23.4 Å². The summed E-state index contributed by atoms with van der Waals surface area (Å²) >= 11 is 0. The molecular formula is C21H26N2O2. The van der Waals surface area contributed by atoms with E-state index in [4.69, 9.17) is 0 Å². The molecule has 0 aromatic heterocycles. The van der Waals surface area contributed by atoms with E-state index in [0.29, 0.717) is 12.1 Å². The number of benzene rings is 2. The van der Waals surface area contributed by atoms with Crippen molar-refractivity contribution < 1.29 is 9.59 Å². The minimum Gasteiger partial charge on any atom is -0.350 e. The average molecular weight is 338 g/mol. The predicted molar refractivity (Wildman–Crippen MR) is 101 cm³/mol. The van der Waals surface area contributed by atoms with Crippen LogP contribution >= 0.6 is 0 Å². The van der Waals surface area contributed by atoms with E-state index < -0.39 is 0 Å². The van der Waals surface area contributed by atoms with E-state index in [2.05, 4.69) is 5.32 Å². The molecule has 2 aromatic carbocycles. The van der Waals surface area contributed by atoms with Crippen molar-refractivity contribution in [3.63, 3.8) is 0 Å². The van der Waals surface area contributed by atoms with Gasteiger partial charge in [0.2, 0.25) is 5.91 Å². The van der Waals surface area contributed by atoms with Gasteiger partial charge in [-0.15, -0.1) is 0 Å². The normalized spacial score (nSPS) is 18.2. The Balaban J connectivity index is 1.92. The number of likely N-dealkylation sites (tertiary alicyclic amines) is 1. The van der Waals surface area contributed by atoms with E-state index >= 15 is 0 Å². The highest BCUT2D eigenvalue weighted by Gasteiger charge is 2.34. The third kappa shape index (κ3) is 3.84. The Hall–Kier alpha value is -2.36. The highest BCUT2D eigenvalue weighted by atomic mass is 16.2. The molecule has 0 spiro atoms. The van der Waals surface area contributed by atoms with Gasteiger partial charge in [-0.25, -0.2) is 0 Å². The number of carbonyl (C=O) groups is 2. The molecule has 0 aliphatic carbocycles. The Labute approximate surface area is 149 Å². The summed E-state index contributed by atoms with van der Waals surface area (Å²) in [6, 6.07) is 13.3. The van der Waals surface area contributed by atoms with Gasteiger partial charge in [-0.3, -0.25) is 9.59 Å². The Morgan fingerprint density at radius 1 is 1.04 bits per heavy atom. The molecule has 25 heavy (non-hydrogen) atoms. The molecule has 3 rings (SSSR count). The van der Waals surface area contributed by atoms with Crippen molar-refractivity contribution in [2.24, 2.45) is 0 Å². The predicted octanol–water partition coefficient (Wildman–Crippen LogP) is 3.75. The summed E-state index contributed by atoms with van der Waals surface area (Å²) in [5, 5.41) is 5.01. The quantitative estimate of drug-likeness (QED) is 0.906. The Bertz CT molecular complexity index is 787. The van der Waals surface area contributed by atoms with Crippen LogP contribution < -0.4 is 5.32 Å². The molecule has 1 saturated heterocycles. The molecule has 0 radical (unpaired) electrons. The standard InChI is InChI=1S/C21H26N2O2/c1-21(2,3)22-19(24)18-13-6-7-14-23(18)20(25)17-12-8-10-15-9-4-5-11-16(15)17/h4-5,8-12,18H,6-7,13-14H2,1-3H3,(H,22,24)/t18-/m1/s1. The summed E-state index contributed by atoms with van der Waals surface area (Å²) in [6.07, 6.45) is 2.63. The van der Waals surface area contributed by atoms with E-state index in [9.17, 15) is 9.59 Å². The largest absolute Gasteiger partial charge is 0.350 e. The molecule has 1 N–H and O–H groups in total. The van der Waals surface area contributed by atoms with Crippen molar-refractivity contribution in [1.82, 2.24) is 10.2 Å². The van der Waals surface area contributed by atoms with Gasteiger partial charge in [0.25, 0.3) is 5.91 Å². The number of hydrogen-bond acceptors (Lipinski definition) is 2. The van der Waals surface area contributed by atoms with Crippen molar-refractivity contribution >= 4 is 22.6 Å². The number of piperidine rings is 1. The molecule has 0 unspecified atom stereocenters. The van der Waals surface area contributed by atoms with Crippen LogP contribution in [0.25, 0.3) is 10.8 Å². The first-order valence-corrected chi connectivity index (χ1v) is 8.97. The third-order valence-electron chi connectivity index (χ3n) is 4.58. The van der Waals surface area contributed by atoms with Gasteiger partial charge in [0, 0.05) is 17.6 Å². The second kappa shape index (κ2) is 6.87. The summed E-state index contributed by atoms with van der Waals surface area (Å²) in [7, 11) is 0. The number of hydrogen-bond donors (Lipinski definition) is 1. The van der Waals surface area contributed by atoms with Crippen molar-refractivity contribution in [2.45, 2.75) is 51.6 Å². The summed E-state index contributed by atoms with van der Waals surface area (Å²) < 4.78 is 0. The molecule has 132 valence electrons. The second-order valence-corrected chi connectivity index (χ2v) is 7.78. The van der Waals surface area contributed by atoms with Crippen LogP contribution in [0.15, 0.2) is 42.5 Å². The summed E-state index contributed by atoms with van der Waals surface area (Å²) in [5.74, 6) is -0.105. The van der Waals surface area contributed by atoms with Crippen LogP contribution in [-0.2, 0) is 4.79 Å². The lowest BCUT2D eigenvalue weighted by Gasteiger charge is -2.36. The SMILES string of the molecule is CC(C)(C)NC(=O)[C@H]1CCCCN1C(=O)c1cccc2ccccc12. The van der Waals surface area contributed by atoms with E-state index in [1.807, 2.05) is 63.2 Å². The van der Waals surface area contributed by atoms with Gasteiger partial charge < -0.3 is 10.2 Å². The Morgan fingerprint density at radius 2 is 1.76 bits per heavy atom. The highest BCUT2D eigenvalue weighted by molar-refractivity contribution is 6.08. The highest BCUT2D eigenvalue weighted by Crippen LogP contribution is 2.25. The molecule has 0 saturated carbocycles. The first-order chi connectivity index (χ1) is 11.9. The van der Waals surface area contributed by atoms with Gasteiger partial charge in [0.1, 0.15) is 6.04 Å². The topological polar surface area (TPSA) is 49.4 Å². The second-order valence-electron chi connectivity index (χ2n) is 7.78. The first-order valence-electron chi connectivity index (χ1n) is 8.97. The number of carbonyl (C=O) groups excluding carboxylic acids is 2. The summed E-state index contributed by atoms with van der Waals surface area (Å²) in [6.45, 7) is 6.52. The molecule has 0 bridgehead atoms. The van der Waals surface area contributed by atoms with Crippen LogP contribution in [0.2, 0.25) is 0 Å². The maximum absolute atomic E-state index is 13.2. The molecule has 1 aliphatic rings. The molecule has 1 fully saturated rings. The van der Waals surface area contributed by atoms with Crippen LogP contribution in [0.3, 0.4) is 0 Å². The van der Waals surface area contributed by atoms with Gasteiger partial charge in [-0.2, -0.15) is 0 Å². The fourth-order valence-electron chi connectivity index (χ4n) is 3.47. The van der Waals surface area contributed by atoms with Crippen LogP contribution in [0.4, 0.5) is 0 Å². The average Bonchev–Trinajstić information content (AvgIpc) is 2.59. The van der Waals surface area contributed by atoms with Gasteiger partial charge in [-0.05, 0) is 56.9 Å². The zero-order valence-electron chi connectivity index (χ0n) is 15.2. The van der Waals surface area contributed by atoms with E-state index in [0.717, 1.165) is 30.0 Å². The van der Waals surface area contributed by atoms with Gasteiger partial charge in [0.15, 0.2) is 0 Å². The number of fused-ring (bicyclic) bond motifs is 1. The molecule has 2 aromatic rings. The third-order valence-corrected chi connectivity index (χ3v) is 4.58. The molecule has 1 atom stereocenters. The summed E-state index contributed by atoms with van der Waals surface area (Å²) in [5.41, 5.74) is 0.372. The lowest BCUT2D eigenvalue weighted by atomic mass is 9.97. The lowest BCUT2D eigenvalue weighted by Crippen LogP contribution is -2.55. The van der Waals surface area contributed by atoms with Gasteiger partial charge >= 0.3 is 0 Å². The van der Waals surface area contributed by atoms with Gasteiger partial charge in [-0.1, -0.05) is 36.4 Å².